The molecule has 58 valence electrons. The minimum Gasteiger partial charge on any atom is -0.264 e. The lowest BCUT2D eigenvalue weighted by Gasteiger charge is -2.01. The summed E-state index contributed by atoms with van der Waals surface area (Å²) in [6.07, 6.45) is 1.66. The van der Waals surface area contributed by atoms with Gasteiger partial charge in [-0.05, 0) is 18.9 Å². The van der Waals surface area contributed by atoms with E-state index in [4.69, 9.17) is 0 Å². The molecule has 0 fully saturated rings. The minimum atomic E-state index is -0.328. The maximum Gasteiger partial charge on any atom is 0.222 e. The van der Waals surface area contributed by atoms with Crippen molar-refractivity contribution in [1.82, 2.24) is 0 Å². The van der Waals surface area contributed by atoms with Crippen LogP contribution in [-0.2, 0) is 0 Å². The molecule has 0 radical (unpaired) electrons. The highest BCUT2D eigenvalue weighted by Gasteiger charge is 1.97. The zero-order chi connectivity index (χ0) is 8.15. The highest BCUT2D eigenvalue weighted by atomic mass is 16.6. The van der Waals surface area contributed by atoms with Crippen LogP contribution >= 0.6 is 0 Å². The Labute approximate surface area is 60.9 Å². The van der Waals surface area contributed by atoms with Gasteiger partial charge in [-0.3, -0.25) is 10.1 Å². The molecule has 3 nitrogen and oxygen atoms in total. The SMILES string of the molecule is C/C(=C\C[N+](=O)[O-])C(C)C. The van der Waals surface area contributed by atoms with E-state index in [0.29, 0.717) is 5.92 Å². The average molecular weight is 143 g/mol. The van der Waals surface area contributed by atoms with E-state index in [1.54, 1.807) is 6.08 Å². The number of nitrogens with zero attached hydrogens (tertiary/aromatic N) is 1. The van der Waals surface area contributed by atoms with Gasteiger partial charge in [0, 0.05) is 4.92 Å². The third kappa shape index (κ3) is 4.06. The van der Waals surface area contributed by atoms with Crippen molar-refractivity contribution < 1.29 is 4.92 Å². The molecule has 0 aromatic carbocycles. The fraction of sp³-hybridized carbons (Fsp3) is 0.714. The van der Waals surface area contributed by atoms with Gasteiger partial charge in [0.25, 0.3) is 0 Å². The Bertz CT molecular complexity index is 150. The molecule has 0 bridgehead atoms. The van der Waals surface area contributed by atoms with Crippen molar-refractivity contribution >= 4 is 0 Å². The summed E-state index contributed by atoms with van der Waals surface area (Å²) in [5, 5.41) is 9.89. The molecule has 0 N–H and O–H groups in total. The Kier molecular flexibility index (Phi) is 3.69. The highest BCUT2D eigenvalue weighted by molar-refractivity contribution is 5.00. The summed E-state index contributed by atoms with van der Waals surface area (Å²) in [6.45, 7) is 5.90. The summed E-state index contributed by atoms with van der Waals surface area (Å²) in [5.74, 6) is 0.417. The fourth-order valence-corrected chi connectivity index (χ4v) is 0.454. The van der Waals surface area contributed by atoms with Crippen LogP contribution < -0.4 is 0 Å². The van der Waals surface area contributed by atoms with Gasteiger partial charge in [0.2, 0.25) is 6.54 Å². The van der Waals surface area contributed by atoms with Gasteiger partial charge in [0.15, 0.2) is 0 Å². The number of nitro groups is 1. The Balaban J connectivity index is 3.80. The Morgan fingerprint density at radius 3 is 2.50 bits per heavy atom. The van der Waals surface area contributed by atoms with Crippen molar-refractivity contribution in [3.63, 3.8) is 0 Å². The van der Waals surface area contributed by atoms with Crippen molar-refractivity contribution in [3.8, 4) is 0 Å². The molecule has 3 heteroatoms. The van der Waals surface area contributed by atoms with Crippen molar-refractivity contribution in [2.45, 2.75) is 20.8 Å². The van der Waals surface area contributed by atoms with Gasteiger partial charge in [-0.15, -0.1) is 0 Å². The van der Waals surface area contributed by atoms with Crippen LogP contribution in [0.2, 0.25) is 0 Å². The Morgan fingerprint density at radius 1 is 1.70 bits per heavy atom. The molecule has 0 aromatic heterocycles. The van der Waals surface area contributed by atoms with Gasteiger partial charge in [-0.2, -0.15) is 0 Å². The summed E-state index contributed by atoms with van der Waals surface area (Å²) < 4.78 is 0. The molecule has 0 rings (SSSR count). The van der Waals surface area contributed by atoms with Crippen molar-refractivity contribution in [2.24, 2.45) is 5.92 Å². The first-order valence-corrected chi connectivity index (χ1v) is 3.32. The number of hydrogen-bond donors (Lipinski definition) is 0. The second-order valence-electron chi connectivity index (χ2n) is 2.62. The lowest BCUT2D eigenvalue weighted by molar-refractivity contribution is -0.468. The van der Waals surface area contributed by atoms with Crippen LogP contribution in [0.1, 0.15) is 20.8 Å². The third-order valence-electron chi connectivity index (χ3n) is 1.47. The second-order valence-corrected chi connectivity index (χ2v) is 2.62. The van der Waals surface area contributed by atoms with Gasteiger partial charge < -0.3 is 0 Å². The fourth-order valence-electron chi connectivity index (χ4n) is 0.454. The zero-order valence-electron chi connectivity index (χ0n) is 6.63. The monoisotopic (exact) mass is 143 g/mol. The molecule has 0 unspecified atom stereocenters. The highest BCUT2D eigenvalue weighted by Crippen LogP contribution is 2.06. The van der Waals surface area contributed by atoms with Crippen molar-refractivity contribution in [2.75, 3.05) is 6.54 Å². The summed E-state index contributed by atoms with van der Waals surface area (Å²) in [6, 6.07) is 0. The van der Waals surface area contributed by atoms with E-state index in [1.165, 1.54) is 0 Å². The smallest absolute Gasteiger partial charge is 0.222 e. The molecule has 0 aliphatic rings. The molecule has 0 spiro atoms. The number of rotatable bonds is 3. The van der Waals surface area contributed by atoms with Gasteiger partial charge in [0.1, 0.15) is 0 Å². The molecule has 0 amide bonds. The van der Waals surface area contributed by atoms with E-state index in [0.717, 1.165) is 5.57 Å². The quantitative estimate of drug-likeness (QED) is 0.344. The third-order valence-corrected chi connectivity index (χ3v) is 1.47. The van der Waals surface area contributed by atoms with Gasteiger partial charge in [-0.25, -0.2) is 0 Å². The molecule has 0 aromatic rings. The summed E-state index contributed by atoms with van der Waals surface area (Å²) in [5.41, 5.74) is 1.08. The van der Waals surface area contributed by atoms with Crippen molar-refractivity contribution in [1.29, 1.82) is 0 Å². The molecular formula is C7H13NO2. The predicted octanol–water partition coefficient (Wildman–Crippen LogP) is 1.87. The van der Waals surface area contributed by atoms with Gasteiger partial charge >= 0.3 is 0 Å². The number of hydrogen-bond acceptors (Lipinski definition) is 2. The van der Waals surface area contributed by atoms with E-state index >= 15 is 0 Å². The molecule has 0 saturated heterocycles. The molecule has 0 saturated carbocycles. The largest absolute Gasteiger partial charge is 0.264 e. The van der Waals surface area contributed by atoms with Crippen LogP contribution in [0.4, 0.5) is 0 Å². The van der Waals surface area contributed by atoms with Gasteiger partial charge in [-0.1, -0.05) is 19.4 Å². The van der Waals surface area contributed by atoms with E-state index in [9.17, 15) is 10.1 Å². The first-order valence-electron chi connectivity index (χ1n) is 3.32. The van der Waals surface area contributed by atoms with Crippen LogP contribution in [-0.4, -0.2) is 11.5 Å². The first-order chi connectivity index (χ1) is 4.54. The lowest BCUT2D eigenvalue weighted by Crippen LogP contribution is -1.99. The normalized spacial score (nSPS) is 12.2. The minimum absolute atomic E-state index is 0.0516. The van der Waals surface area contributed by atoms with Crippen LogP contribution in [0.15, 0.2) is 11.6 Å². The molecule has 0 heterocycles. The zero-order valence-corrected chi connectivity index (χ0v) is 6.63. The van der Waals surface area contributed by atoms with Crippen LogP contribution in [0.25, 0.3) is 0 Å². The summed E-state index contributed by atoms with van der Waals surface area (Å²) in [4.78, 5) is 9.56. The molecule has 0 atom stereocenters. The summed E-state index contributed by atoms with van der Waals surface area (Å²) in [7, 11) is 0. The Hall–Kier alpha value is -0.860. The van der Waals surface area contributed by atoms with E-state index in [2.05, 4.69) is 0 Å². The Morgan fingerprint density at radius 2 is 2.20 bits per heavy atom. The molecule has 0 aliphatic heterocycles. The van der Waals surface area contributed by atoms with Gasteiger partial charge in [0.05, 0.1) is 0 Å². The standard InChI is InChI=1S/C7H13NO2/c1-6(2)7(3)4-5-8(9)10/h4,6H,5H2,1-3H3/b7-4+. The summed E-state index contributed by atoms with van der Waals surface area (Å²) >= 11 is 0. The van der Waals surface area contributed by atoms with E-state index in [-0.39, 0.29) is 11.5 Å². The maximum absolute atomic E-state index is 9.89. The first kappa shape index (κ1) is 9.14. The van der Waals surface area contributed by atoms with E-state index < -0.39 is 0 Å². The second kappa shape index (κ2) is 4.04. The maximum atomic E-state index is 9.89. The predicted molar refractivity (Wildman–Crippen MR) is 40.5 cm³/mol. The van der Waals surface area contributed by atoms with Crippen molar-refractivity contribution in [3.05, 3.63) is 21.8 Å². The van der Waals surface area contributed by atoms with Crippen LogP contribution in [0.3, 0.4) is 0 Å². The topological polar surface area (TPSA) is 43.1 Å². The number of allylic oxidation sites excluding steroid dienone is 1. The molecule has 10 heavy (non-hydrogen) atoms. The lowest BCUT2D eigenvalue weighted by atomic mass is 10.1. The van der Waals surface area contributed by atoms with Crippen LogP contribution in [0, 0.1) is 16.0 Å². The van der Waals surface area contributed by atoms with E-state index in [1.807, 2.05) is 20.8 Å². The molecule has 0 aliphatic carbocycles. The van der Waals surface area contributed by atoms with Crippen LogP contribution in [0.5, 0.6) is 0 Å². The average Bonchev–Trinajstić information content (AvgIpc) is 1.82. The molecular weight excluding hydrogens is 130 g/mol.